The van der Waals surface area contributed by atoms with E-state index < -0.39 is 5.97 Å². The van der Waals surface area contributed by atoms with E-state index >= 15 is 0 Å². The summed E-state index contributed by atoms with van der Waals surface area (Å²) in [4.78, 5) is 19.4. The lowest BCUT2D eigenvalue weighted by atomic mass is 9.77. The maximum atomic E-state index is 10.9. The van der Waals surface area contributed by atoms with Gasteiger partial charge in [-0.1, -0.05) is 26.0 Å². The highest BCUT2D eigenvalue weighted by Gasteiger charge is 2.31. The molecule has 0 saturated carbocycles. The SMILES string of the molecule is CC(C)(CCC(=O)O)C(Nc1ccccn1)c1cccnc1. The Morgan fingerprint density at radius 3 is 2.68 bits per heavy atom. The number of aromatic nitrogens is 2. The Morgan fingerprint density at radius 2 is 2.09 bits per heavy atom. The van der Waals surface area contributed by atoms with Gasteiger partial charge in [-0.25, -0.2) is 4.98 Å². The van der Waals surface area contributed by atoms with Crippen molar-refractivity contribution in [2.45, 2.75) is 32.7 Å². The third-order valence-corrected chi connectivity index (χ3v) is 3.74. The molecule has 0 amide bonds. The van der Waals surface area contributed by atoms with E-state index in [0.717, 1.165) is 11.4 Å². The molecule has 0 aromatic carbocycles. The average Bonchev–Trinajstić information content (AvgIpc) is 2.52. The third-order valence-electron chi connectivity index (χ3n) is 3.74. The molecular weight excluding hydrogens is 278 g/mol. The summed E-state index contributed by atoms with van der Waals surface area (Å²) in [6.07, 6.45) is 5.96. The summed E-state index contributed by atoms with van der Waals surface area (Å²) in [7, 11) is 0. The Bertz CT molecular complexity index is 600. The molecule has 2 aromatic rings. The largest absolute Gasteiger partial charge is 0.481 e. The zero-order valence-electron chi connectivity index (χ0n) is 12.9. The highest BCUT2D eigenvalue weighted by Crippen LogP contribution is 2.39. The van der Waals surface area contributed by atoms with Gasteiger partial charge >= 0.3 is 5.97 Å². The zero-order chi connectivity index (χ0) is 16.0. The van der Waals surface area contributed by atoms with Gasteiger partial charge in [0.2, 0.25) is 0 Å². The fourth-order valence-electron chi connectivity index (χ4n) is 2.45. The first-order valence-corrected chi connectivity index (χ1v) is 7.28. The normalized spacial score (nSPS) is 12.6. The lowest BCUT2D eigenvalue weighted by Crippen LogP contribution is -2.29. The molecular formula is C17H21N3O2. The highest BCUT2D eigenvalue weighted by atomic mass is 16.4. The van der Waals surface area contributed by atoms with Crippen molar-refractivity contribution < 1.29 is 9.90 Å². The van der Waals surface area contributed by atoms with Crippen LogP contribution in [0, 0.1) is 5.41 Å². The van der Waals surface area contributed by atoms with Gasteiger partial charge in [-0.2, -0.15) is 0 Å². The average molecular weight is 299 g/mol. The predicted molar refractivity (Wildman–Crippen MR) is 85.5 cm³/mol. The van der Waals surface area contributed by atoms with Crippen LogP contribution in [-0.2, 0) is 4.79 Å². The minimum absolute atomic E-state index is 0.0737. The van der Waals surface area contributed by atoms with Crippen molar-refractivity contribution in [1.82, 2.24) is 9.97 Å². The van der Waals surface area contributed by atoms with Gasteiger partial charge in [0.05, 0.1) is 6.04 Å². The van der Waals surface area contributed by atoms with Gasteiger partial charge < -0.3 is 10.4 Å². The molecule has 0 saturated heterocycles. The number of hydrogen-bond acceptors (Lipinski definition) is 4. The van der Waals surface area contributed by atoms with E-state index in [0.29, 0.717) is 6.42 Å². The van der Waals surface area contributed by atoms with Crippen molar-refractivity contribution in [3.05, 3.63) is 54.5 Å². The van der Waals surface area contributed by atoms with E-state index in [1.807, 2.05) is 36.5 Å². The van der Waals surface area contributed by atoms with Crippen molar-refractivity contribution >= 4 is 11.8 Å². The number of pyridine rings is 2. The fourth-order valence-corrected chi connectivity index (χ4v) is 2.45. The summed E-state index contributed by atoms with van der Waals surface area (Å²) in [6, 6.07) is 9.48. The van der Waals surface area contributed by atoms with Crippen LogP contribution < -0.4 is 5.32 Å². The molecule has 2 aromatic heterocycles. The smallest absolute Gasteiger partial charge is 0.303 e. The number of nitrogens with zero attached hydrogens (tertiary/aromatic N) is 2. The van der Waals surface area contributed by atoms with Crippen LogP contribution in [0.4, 0.5) is 5.82 Å². The summed E-state index contributed by atoms with van der Waals surface area (Å²) in [5.41, 5.74) is 0.752. The molecule has 0 aliphatic rings. The van der Waals surface area contributed by atoms with Crippen molar-refractivity contribution in [1.29, 1.82) is 0 Å². The molecule has 1 unspecified atom stereocenters. The molecule has 0 radical (unpaired) electrons. The first-order valence-electron chi connectivity index (χ1n) is 7.28. The van der Waals surface area contributed by atoms with Crippen LogP contribution in [0.25, 0.3) is 0 Å². The lowest BCUT2D eigenvalue weighted by Gasteiger charge is -2.35. The van der Waals surface area contributed by atoms with Gasteiger partial charge in [-0.15, -0.1) is 0 Å². The van der Waals surface area contributed by atoms with E-state index in [4.69, 9.17) is 5.11 Å². The van der Waals surface area contributed by atoms with Crippen molar-refractivity contribution in [2.24, 2.45) is 5.41 Å². The van der Waals surface area contributed by atoms with Gasteiger partial charge in [0.25, 0.3) is 0 Å². The summed E-state index contributed by atoms with van der Waals surface area (Å²) in [5.74, 6) is -0.0180. The molecule has 0 fully saturated rings. The van der Waals surface area contributed by atoms with E-state index in [-0.39, 0.29) is 17.9 Å². The Balaban J connectivity index is 2.27. The number of aliphatic carboxylic acids is 1. The monoisotopic (exact) mass is 299 g/mol. The molecule has 5 heteroatoms. The third kappa shape index (κ3) is 4.28. The maximum Gasteiger partial charge on any atom is 0.303 e. The number of carboxylic acids is 1. The number of hydrogen-bond donors (Lipinski definition) is 2. The fraction of sp³-hybridized carbons (Fsp3) is 0.353. The molecule has 5 nitrogen and oxygen atoms in total. The molecule has 22 heavy (non-hydrogen) atoms. The Hall–Kier alpha value is -2.43. The lowest BCUT2D eigenvalue weighted by molar-refractivity contribution is -0.137. The van der Waals surface area contributed by atoms with Crippen LogP contribution in [0.3, 0.4) is 0 Å². The number of rotatable bonds is 7. The van der Waals surface area contributed by atoms with Crippen molar-refractivity contribution in [2.75, 3.05) is 5.32 Å². The first-order chi connectivity index (χ1) is 10.5. The van der Waals surface area contributed by atoms with Crippen LogP contribution in [0.15, 0.2) is 48.9 Å². The van der Waals surface area contributed by atoms with Crippen molar-refractivity contribution in [3.8, 4) is 0 Å². The second-order valence-corrected chi connectivity index (χ2v) is 5.96. The van der Waals surface area contributed by atoms with Gasteiger partial charge in [-0.05, 0) is 35.6 Å². The summed E-state index contributed by atoms with van der Waals surface area (Å²) in [5, 5.41) is 12.4. The van der Waals surface area contributed by atoms with Crippen LogP contribution >= 0.6 is 0 Å². The molecule has 0 aliphatic heterocycles. The van der Waals surface area contributed by atoms with Gasteiger partial charge in [-0.3, -0.25) is 9.78 Å². The molecule has 116 valence electrons. The summed E-state index contributed by atoms with van der Waals surface area (Å²) in [6.45, 7) is 4.12. The van der Waals surface area contributed by atoms with Crippen LogP contribution in [-0.4, -0.2) is 21.0 Å². The molecule has 2 rings (SSSR count). The predicted octanol–water partition coefficient (Wildman–Crippen LogP) is 3.52. The Kier molecular flexibility index (Phi) is 5.09. The first kappa shape index (κ1) is 15.9. The second kappa shape index (κ2) is 7.02. The quantitative estimate of drug-likeness (QED) is 0.818. The van der Waals surface area contributed by atoms with Crippen molar-refractivity contribution in [3.63, 3.8) is 0 Å². The zero-order valence-corrected chi connectivity index (χ0v) is 12.9. The van der Waals surface area contributed by atoms with Crippen LogP contribution in [0.2, 0.25) is 0 Å². The molecule has 0 spiro atoms. The molecule has 2 N–H and O–H groups in total. The number of carbonyl (C=O) groups is 1. The van der Waals surface area contributed by atoms with Gasteiger partial charge in [0.15, 0.2) is 0 Å². The number of carboxylic acid groups (broad SMARTS) is 1. The van der Waals surface area contributed by atoms with E-state index in [9.17, 15) is 4.79 Å². The van der Waals surface area contributed by atoms with E-state index in [1.54, 1.807) is 12.4 Å². The Morgan fingerprint density at radius 1 is 1.27 bits per heavy atom. The number of nitrogens with one attached hydrogen (secondary N) is 1. The van der Waals surface area contributed by atoms with Crippen LogP contribution in [0.5, 0.6) is 0 Å². The van der Waals surface area contributed by atoms with Gasteiger partial charge in [0.1, 0.15) is 5.82 Å². The molecule has 0 aliphatic carbocycles. The number of anilines is 1. The molecule has 0 bridgehead atoms. The summed E-state index contributed by atoms with van der Waals surface area (Å²) >= 11 is 0. The summed E-state index contributed by atoms with van der Waals surface area (Å²) < 4.78 is 0. The van der Waals surface area contributed by atoms with E-state index in [2.05, 4.69) is 29.1 Å². The molecule has 2 heterocycles. The topological polar surface area (TPSA) is 75.1 Å². The van der Waals surface area contributed by atoms with Crippen LogP contribution in [0.1, 0.15) is 38.3 Å². The van der Waals surface area contributed by atoms with E-state index in [1.165, 1.54) is 0 Å². The maximum absolute atomic E-state index is 10.9. The highest BCUT2D eigenvalue weighted by molar-refractivity contribution is 5.66. The molecule has 1 atom stereocenters. The second-order valence-electron chi connectivity index (χ2n) is 5.96. The Labute approximate surface area is 130 Å². The van der Waals surface area contributed by atoms with Gasteiger partial charge in [0, 0.05) is 25.0 Å². The standard InChI is InChI=1S/C17H21N3O2/c1-17(2,9-8-15(21)22)16(13-6-5-10-18-12-13)20-14-7-3-4-11-19-14/h3-7,10-12,16H,8-9H2,1-2H3,(H,19,20)(H,21,22). The minimum Gasteiger partial charge on any atom is -0.481 e. The minimum atomic E-state index is -0.782.